The van der Waals surface area contributed by atoms with Crippen molar-refractivity contribution in [3.63, 3.8) is 0 Å². The average Bonchev–Trinajstić information content (AvgIpc) is 2.38. The predicted molar refractivity (Wildman–Crippen MR) is 79.8 cm³/mol. The molecule has 7 heteroatoms. The van der Waals surface area contributed by atoms with Crippen LogP contribution in [0.4, 0.5) is 11.4 Å². The summed E-state index contributed by atoms with van der Waals surface area (Å²) >= 11 is 12.3. The largest absolute Gasteiger partial charge is 0.391 e. The monoisotopic (exact) mass is 318 g/mol. The molecule has 110 valence electrons. The number of hydrogen-bond acceptors (Lipinski definition) is 4. The van der Waals surface area contributed by atoms with Crippen LogP contribution in [0, 0.1) is 10.1 Å². The number of anilines is 1. The molecule has 0 spiro atoms. The first-order chi connectivity index (χ1) is 9.41. The molecule has 0 heterocycles. The van der Waals surface area contributed by atoms with Crippen molar-refractivity contribution in [2.75, 3.05) is 11.9 Å². The van der Waals surface area contributed by atoms with E-state index in [1.54, 1.807) is 7.05 Å². The number of nitro groups is 1. The van der Waals surface area contributed by atoms with Gasteiger partial charge >= 0.3 is 0 Å². The molecular formula is C13H16Cl2N2O3. The zero-order chi connectivity index (χ0) is 14.9. The summed E-state index contributed by atoms with van der Waals surface area (Å²) in [6.07, 6.45) is 3.20. The van der Waals surface area contributed by atoms with Crippen molar-refractivity contribution < 1.29 is 10.0 Å². The van der Waals surface area contributed by atoms with Crippen molar-refractivity contribution in [1.29, 1.82) is 0 Å². The van der Waals surface area contributed by atoms with Gasteiger partial charge in [-0.25, -0.2) is 0 Å². The quantitative estimate of drug-likeness (QED) is 0.682. The number of aliphatic hydroxyl groups is 1. The first-order valence-electron chi connectivity index (χ1n) is 6.46. The number of aliphatic hydroxyl groups excluding tert-OH is 1. The second-order valence-electron chi connectivity index (χ2n) is 5.05. The van der Waals surface area contributed by atoms with E-state index in [4.69, 9.17) is 23.2 Å². The normalized spacial score (nSPS) is 22.6. The lowest BCUT2D eigenvalue weighted by Crippen LogP contribution is -2.43. The fourth-order valence-corrected chi connectivity index (χ4v) is 3.45. The van der Waals surface area contributed by atoms with Gasteiger partial charge in [-0.1, -0.05) is 36.0 Å². The van der Waals surface area contributed by atoms with E-state index < -0.39 is 11.0 Å². The highest BCUT2D eigenvalue weighted by atomic mass is 35.5. The summed E-state index contributed by atoms with van der Waals surface area (Å²) in [6, 6.07) is 2.50. The maximum Gasteiger partial charge on any atom is 0.272 e. The highest BCUT2D eigenvalue weighted by molar-refractivity contribution is 6.39. The van der Waals surface area contributed by atoms with Crippen LogP contribution in [0.2, 0.25) is 10.0 Å². The number of likely N-dealkylation sites (N-methyl/N-ethyl adjacent to an activating group) is 1. The number of halogens is 2. The van der Waals surface area contributed by atoms with E-state index in [0.29, 0.717) is 5.69 Å². The predicted octanol–water partition coefficient (Wildman–Crippen LogP) is 3.64. The Hall–Kier alpha value is -1.04. The molecule has 1 N–H and O–H groups in total. The number of non-ortho nitro benzene ring substituents is 1. The molecule has 0 bridgehead atoms. The van der Waals surface area contributed by atoms with E-state index in [1.807, 2.05) is 4.90 Å². The lowest BCUT2D eigenvalue weighted by molar-refractivity contribution is -0.384. The van der Waals surface area contributed by atoms with Crippen molar-refractivity contribution in [1.82, 2.24) is 0 Å². The van der Waals surface area contributed by atoms with Crippen molar-refractivity contribution >= 4 is 34.6 Å². The van der Waals surface area contributed by atoms with Crippen molar-refractivity contribution in [3.8, 4) is 0 Å². The zero-order valence-corrected chi connectivity index (χ0v) is 12.6. The number of hydrogen-bond donors (Lipinski definition) is 1. The maximum absolute atomic E-state index is 10.8. The fraction of sp³-hybridized carbons (Fsp3) is 0.538. The second kappa shape index (κ2) is 6.16. The summed E-state index contributed by atoms with van der Waals surface area (Å²) in [7, 11) is 1.80. The van der Waals surface area contributed by atoms with Gasteiger partial charge in [-0.3, -0.25) is 10.1 Å². The molecule has 1 aliphatic rings. The Balaban J connectivity index is 2.34. The highest BCUT2D eigenvalue weighted by Crippen LogP contribution is 2.39. The van der Waals surface area contributed by atoms with Crippen molar-refractivity contribution in [2.24, 2.45) is 0 Å². The van der Waals surface area contributed by atoms with E-state index in [9.17, 15) is 15.2 Å². The number of nitro benzene ring substituents is 1. The molecule has 0 amide bonds. The van der Waals surface area contributed by atoms with E-state index in [-0.39, 0.29) is 21.8 Å². The van der Waals surface area contributed by atoms with Gasteiger partial charge in [0.15, 0.2) is 0 Å². The Morgan fingerprint density at radius 2 is 1.85 bits per heavy atom. The lowest BCUT2D eigenvalue weighted by atomic mass is 9.91. The van der Waals surface area contributed by atoms with E-state index in [1.165, 1.54) is 12.1 Å². The summed E-state index contributed by atoms with van der Waals surface area (Å²) in [6.45, 7) is 0. The Bertz CT molecular complexity index is 501. The summed E-state index contributed by atoms with van der Waals surface area (Å²) < 4.78 is 0. The first-order valence-corrected chi connectivity index (χ1v) is 7.21. The zero-order valence-electron chi connectivity index (χ0n) is 11.1. The van der Waals surface area contributed by atoms with Gasteiger partial charge in [0.1, 0.15) is 0 Å². The minimum absolute atomic E-state index is 0.0693. The van der Waals surface area contributed by atoms with Crippen molar-refractivity contribution in [3.05, 3.63) is 32.3 Å². The summed E-state index contributed by atoms with van der Waals surface area (Å²) in [5.41, 5.74) is 0.395. The van der Waals surface area contributed by atoms with Gasteiger partial charge in [-0.05, 0) is 12.8 Å². The molecule has 1 aromatic rings. The Morgan fingerprint density at radius 3 is 2.35 bits per heavy atom. The Labute approximate surface area is 127 Å². The highest BCUT2D eigenvalue weighted by Gasteiger charge is 2.29. The van der Waals surface area contributed by atoms with Crippen LogP contribution in [0.25, 0.3) is 0 Å². The smallest absolute Gasteiger partial charge is 0.272 e. The molecule has 0 radical (unpaired) electrons. The van der Waals surface area contributed by atoms with Gasteiger partial charge < -0.3 is 10.0 Å². The van der Waals surface area contributed by atoms with Crippen LogP contribution in [0.3, 0.4) is 0 Å². The molecule has 0 saturated heterocycles. The molecule has 1 aromatic carbocycles. The molecular weight excluding hydrogens is 303 g/mol. The van der Waals surface area contributed by atoms with Crippen LogP contribution in [0.1, 0.15) is 25.7 Å². The lowest BCUT2D eigenvalue weighted by Gasteiger charge is -2.37. The molecule has 0 aromatic heterocycles. The molecule has 2 rings (SSSR count). The maximum atomic E-state index is 10.8. The van der Waals surface area contributed by atoms with Gasteiger partial charge in [0.05, 0.1) is 32.8 Å². The summed E-state index contributed by atoms with van der Waals surface area (Å²) in [5.74, 6) is 0. The van der Waals surface area contributed by atoms with Crippen LogP contribution in [-0.4, -0.2) is 29.2 Å². The number of benzene rings is 1. The van der Waals surface area contributed by atoms with E-state index in [2.05, 4.69) is 0 Å². The standard InChI is InChI=1S/C13H16Cl2N2O3/c1-16(11-4-2-3-5-12(11)18)13-9(14)6-8(17(19)20)7-10(13)15/h6-7,11-12,18H,2-5H2,1H3. The number of rotatable bonds is 3. The molecule has 2 atom stereocenters. The molecule has 5 nitrogen and oxygen atoms in total. The molecule has 1 saturated carbocycles. The Kier molecular flexibility index (Phi) is 4.73. The molecule has 1 fully saturated rings. The summed E-state index contributed by atoms with van der Waals surface area (Å²) in [5, 5.41) is 21.3. The van der Waals surface area contributed by atoms with Crippen LogP contribution < -0.4 is 4.90 Å². The third-order valence-corrected chi connectivity index (χ3v) is 4.33. The van der Waals surface area contributed by atoms with Crippen molar-refractivity contribution in [2.45, 2.75) is 37.8 Å². The Morgan fingerprint density at radius 1 is 1.30 bits per heavy atom. The molecule has 20 heavy (non-hydrogen) atoms. The van der Waals surface area contributed by atoms with E-state index in [0.717, 1.165) is 25.7 Å². The summed E-state index contributed by atoms with van der Waals surface area (Å²) in [4.78, 5) is 12.1. The first kappa shape index (κ1) is 15.4. The van der Waals surface area contributed by atoms with Gasteiger partial charge in [0.2, 0.25) is 0 Å². The van der Waals surface area contributed by atoms with Crippen LogP contribution >= 0.6 is 23.2 Å². The molecule has 2 unspecified atom stereocenters. The minimum atomic E-state index is -0.531. The van der Waals surface area contributed by atoms with Gasteiger partial charge in [-0.2, -0.15) is 0 Å². The number of nitrogens with zero attached hydrogens (tertiary/aromatic N) is 2. The SMILES string of the molecule is CN(c1c(Cl)cc([N+](=O)[O-])cc1Cl)C1CCCCC1O. The van der Waals surface area contributed by atoms with E-state index >= 15 is 0 Å². The molecule has 0 aliphatic heterocycles. The third-order valence-electron chi connectivity index (χ3n) is 3.76. The molecule has 1 aliphatic carbocycles. The van der Waals surface area contributed by atoms with Crippen LogP contribution in [-0.2, 0) is 0 Å². The van der Waals surface area contributed by atoms with Crippen LogP contribution in [0.5, 0.6) is 0 Å². The van der Waals surface area contributed by atoms with Gasteiger partial charge in [0.25, 0.3) is 5.69 Å². The van der Waals surface area contributed by atoms with Gasteiger partial charge in [0, 0.05) is 19.2 Å². The van der Waals surface area contributed by atoms with Crippen LogP contribution in [0.15, 0.2) is 12.1 Å². The second-order valence-corrected chi connectivity index (χ2v) is 5.86. The minimum Gasteiger partial charge on any atom is -0.391 e. The average molecular weight is 319 g/mol. The topological polar surface area (TPSA) is 66.6 Å². The fourth-order valence-electron chi connectivity index (χ4n) is 2.70. The third kappa shape index (κ3) is 3.00. The van der Waals surface area contributed by atoms with Gasteiger partial charge in [-0.15, -0.1) is 0 Å².